The van der Waals surface area contributed by atoms with Crippen molar-refractivity contribution in [2.45, 2.75) is 43.7 Å². The van der Waals surface area contributed by atoms with Gasteiger partial charge in [-0.1, -0.05) is 12.1 Å². The number of anilines is 1. The van der Waals surface area contributed by atoms with Gasteiger partial charge in [-0.2, -0.15) is 8.78 Å². The number of pyridine rings is 1. The lowest BCUT2D eigenvalue weighted by atomic mass is 10.2. The molecule has 0 spiro atoms. The van der Waals surface area contributed by atoms with E-state index in [1.165, 1.54) is 24.4 Å². The molecule has 0 bridgehead atoms. The van der Waals surface area contributed by atoms with Crippen LogP contribution in [0.5, 0.6) is 5.75 Å². The molecule has 0 aliphatic carbocycles. The number of sulfone groups is 1. The number of hydrogen-bond acceptors (Lipinski definition) is 5. The van der Waals surface area contributed by atoms with E-state index in [9.17, 15) is 17.2 Å². The van der Waals surface area contributed by atoms with Crippen molar-refractivity contribution in [3.8, 4) is 5.75 Å². The van der Waals surface area contributed by atoms with Gasteiger partial charge in [-0.15, -0.1) is 0 Å². The number of rotatable bonds is 6. The van der Waals surface area contributed by atoms with Crippen LogP contribution in [0.4, 0.5) is 14.5 Å². The van der Waals surface area contributed by atoms with Gasteiger partial charge < -0.3 is 10.1 Å². The Morgan fingerprint density at radius 2 is 1.92 bits per heavy atom. The van der Waals surface area contributed by atoms with Crippen molar-refractivity contribution >= 4 is 15.5 Å². The van der Waals surface area contributed by atoms with Gasteiger partial charge in [-0.25, -0.2) is 13.4 Å². The van der Waals surface area contributed by atoms with E-state index < -0.39 is 21.2 Å². The topological polar surface area (TPSA) is 68.3 Å². The third-order valence-electron chi connectivity index (χ3n) is 3.44. The number of halogens is 2. The Hall–Kier alpha value is -2.22. The predicted octanol–water partition coefficient (Wildman–Crippen LogP) is 3.87. The zero-order chi connectivity index (χ0) is 18.7. The molecule has 0 amide bonds. The van der Waals surface area contributed by atoms with Gasteiger partial charge >= 0.3 is 6.61 Å². The van der Waals surface area contributed by atoms with Crippen LogP contribution in [0.1, 0.15) is 26.3 Å². The van der Waals surface area contributed by atoms with Crippen LogP contribution < -0.4 is 10.1 Å². The molecule has 0 fully saturated rings. The van der Waals surface area contributed by atoms with Gasteiger partial charge in [0.1, 0.15) is 5.75 Å². The van der Waals surface area contributed by atoms with Crippen LogP contribution in [0.2, 0.25) is 0 Å². The zero-order valence-corrected chi connectivity index (χ0v) is 15.0. The number of aromatic nitrogens is 1. The number of benzene rings is 1. The van der Waals surface area contributed by atoms with Gasteiger partial charge in [-0.05, 0) is 50.6 Å². The summed E-state index contributed by atoms with van der Waals surface area (Å²) in [6, 6.07) is 9.39. The maximum atomic E-state index is 12.3. The molecular weight excluding hydrogens is 350 g/mol. The molecule has 136 valence electrons. The van der Waals surface area contributed by atoms with Gasteiger partial charge in [-0.3, -0.25) is 0 Å². The minimum Gasteiger partial charge on any atom is -0.435 e. The molecule has 0 radical (unpaired) electrons. The Morgan fingerprint density at radius 1 is 1.20 bits per heavy atom. The summed E-state index contributed by atoms with van der Waals surface area (Å²) in [7, 11) is -3.50. The van der Waals surface area contributed by atoms with Crippen molar-refractivity contribution in [1.29, 1.82) is 0 Å². The summed E-state index contributed by atoms with van der Waals surface area (Å²) in [5.41, 5.74) is 1.36. The fraction of sp³-hybridized carbons (Fsp3) is 0.353. The summed E-state index contributed by atoms with van der Waals surface area (Å²) in [5.74, 6) is 0.0824. The van der Waals surface area contributed by atoms with Gasteiger partial charge in [0, 0.05) is 6.54 Å². The Bertz CT molecular complexity index is 817. The second-order valence-electron chi connectivity index (χ2n) is 6.38. The van der Waals surface area contributed by atoms with E-state index >= 15 is 0 Å². The predicted molar refractivity (Wildman–Crippen MR) is 91.6 cm³/mol. The third-order valence-corrected chi connectivity index (χ3v) is 5.84. The van der Waals surface area contributed by atoms with Crippen molar-refractivity contribution in [1.82, 2.24) is 4.98 Å². The number of hydrogen-bond donors (Lipinski definition) is 1. The molecule has 0 saturated carbocycles. The Balaban J connectivity index is 2.05. The van der Waals surface area contributed by atoms with E-state index in [1.54, 1.807) is 39.0 Å². The monoisotopic (exact) mass is 370 g/mol. The first-order valence-electron chi connectivity index (χ1n) is 7.58. The van der Waals surface area contributed by atoms with Crippen molar-refractivity contribution in [3.63, 3.8) is 0 Å². The fourth-order valence-corrected chi connectivity index (χ4v) is 3.06. The highest BCUT2D eigenvalue weighted by Gasteiger charge is 2.31. The van der Waals surface area contributed by atoms with Crippen molar-refractivity contribution in [3.05, 3.63) is 48.2 Å². The lowest BCUT2D eigenvalue weighted by Crippen LogP contribution is -2.28. The molecule has 0 aliphatic heterocycles. The third kappa shape index (κ3) is 4.88. The lowest BCUT2D eigenvalue weighted by molar-refractivity contribution is -0.0498. The summed E-state index contributed by atoms with van der Waals surface area (Å²) in [6.45, 7) is 2.33. The molecule has 0 atom stereocenters. The number of alkyl halides is 2. The van der Waals surface area contributed by atoms with E-state index in [0.29, 0.717) is 12.2 Å². The summed E-state index contributed by atoms with van der Waals surface area (Å²) in [6.07, 6.45) is 1.43. The Labute approximate surface area is 146 Å². The van der Waals surface area contributed by atoms with Gasteiger partial charge in [0.05, 0.1) is 16.6 Å². The van der Waals surface area contributed by atoms with Crippen LogP contribution in [0.25, 0.3) is 0 Å². The first kappa shape index (κ1) is 19.1. The molecule has 1 N–H and O–H groups in total. The molecule has 1 aromatic heterocycles. The van der Waals surface area contributed by atoms with Crippen LogP contribution >= 0.6 is 0 Å². The zero-order valence-electron chi connectivity index (χ0n) is 14.2. The van der Waals surface area contributed by atoms with Gasteiger partial charge in [0.15, 0.2) is 14.9 Å². The molecule has 8 heteroatoms. The molecule has 1 heterocycles. The first-order valence-corrected chi connectivity index (χ1v) is 9.06. The molecule has 0 unspecified atom stereocenters. The minimum atomic E-state index is -3.50. The molecule has 25 heavy (non-hydrogen) atoms. The molecule has 0 aliphatic rings. The van der Waals surface area contributed by atoms with Crippen LogP contribution in [-0.2, 0) is 16.4 Å². The summed E-state index contributed by atoms with van der Waals surface area (Å²) in [4.78, 5) is 4.01. The number of ether oxygens (including phenoxy) is 1. The fourth-order valence-electron chi connectivity index (χ4n) is 1.99. The van der Waals surface area contributed by atoms with Crippen LogP contribution in [-0.4, -0.2) is 24.8 Å². The quantitative estimate of drug-likeness (QED) is 0.836. The average molecular weight is 370 g/mol. The van der Waals surface area contributed by atoms with Crippen molar-refractivity contribution in [2.75, 3.05) is 5.32 Å². The second kappa shape index (κ2) is 7.35. The number of nitrogens with zero attached hydrogens (tertiary/aromatic N) is 1. The SMILES string of the molecule is CC(C)(C)S(=O)(=O)c1ccc(NCc2cccc(OC(F)F)c2)cn1. The maximum absolute atomic E-state index is 12.3. The highest BCUT2D eigenvalue weighted by molar-refractivity contribution is 7.92. The average Bonchev–Trinajstić information content (AvgIpc) is 2.52. The van der Waals surface area contributed by atoms with Gasteiger partial charge in [0.25, 0.3) is 0 Å². The standard InChI is InChI=1S/C17H20F2N2O3S/c1-17(2,3)25(22,23)15-8-7-13(11-21-15)20-10-12-5-4-6-14(9-12)24-16(18)19/h4-9,11,16,20H,10H2,1-3H3. The molecule has 5 nitrogen and oxygen atoms in total. The highest BCUT2D eigenvalue weighted by atomic mass is 32.2. The molecule has 0 saturated heterocycles. The largest absolute Gasteiger partial charge is 0.435 e. The van der Waals surface area contributed by atoms with E-state index in [1.807, 2.05) is 0 Å². The van der Waals surface area contributed by atoms with E-state index in [-0.39, 0.29) is 10.8 Å². The molecule has 2 rings (SSSR count). The normalized spacial score (nSPS) is 12.2. The molecule has 1 aromatic carbocycles. The van der Waals surface area contributed by atoms with E-state index in [0.717, 1.165) is 5.56 Å². The van der Waals surface area contributed by atoms with Crippen LogP contribution in [0.15, 0.2) is 47.6 Å². The van der Waals surface area contributed by atoms with Crippen molar-refractivity contribution < 1.29 is 21.9 Å². The minimum absolute atomic E-state index is 0.0119. The van der Waals surface area contributed by atoms with E-state index in [4.69, 9.17) is 0 Å². The summed E-state index contributed by atoms with van der Waals surface area (Å²) < 4.78 is 52.5. The Kier molecular flexibility index (Phi) is 5.62. The molecular formula is C17H20F2N2O3S. The number of nitrogens with one attached hydrogen (secondary N) is 1. The lowest BCUT2D eigenvalue weighted by Gasteiger charge is -2.18. The summed E-state index contributed by atoms with van der Waals surface area (Å²) in [5, 5.41) is 3.07. The van der Waals surface area contributed by atoms with Gasteiger partial charge in [0.2, 0.25) is 0 Å². The highest BCUT2D eigenvalue weighted by Crippen LogP contribution is 2.24. The second-order valence-corrected chi connectivity index (χ2v) is 9.03. The van der Waals surface area contributed by atoms with Crippen molar-refractivity contribution in [2.24, 2.45) is 0 Å². The maximum Gasteiger partial charge on any atom is 0.387 e. The van der Waals surface area contributed by atoms with Crippen LogP contribution in [0, 0.1) is 0 Å². The smallest absolute Gasteiger partial charge is 0.387 e. The Morgan fingerprint density at radius 3 is 2.48 bits per heavy atom. The van der Waals surface area contributed by atoms with Crippen LogP contribution in [0.3, 0.4) is 0 Å². The molecule has 2 aromatic rings. The van der Waals surface area contributed by atoms with E-state index in [2.05, 4.69) is 15.0 Å². The summed E-state index contributed by atoms with van der Waals surface area (Å²) >= 11 is 0. The first-order chi connectivity index (χ1) is 11.6.